The summed E-state index contributed by atoms with van der Waals surface area (Å²) in [4.78, 5) is 40.0. The topological polar surface area (TPSA) is 138 Å². The number of carbonyl (C=O) groups excluding carboxylic acids is 3. The molecular weight excluding hydrogens is 612 g/mol. The molecule has 11 nitrogen and oxygen atoms in total. The molecule has 262 valence electrons. The Balaban J connectivity index is 1.35. The van der Waals surface area contributed by atoms with Gasteiger partial charge < -0.3 is 35.3 Å². The minimum absolute atomic E-state index is 0.0308. The molecule has 4 N–H and O–H groups in total. The van der Waals surface area contributed by atoms with Gasteiger partial charge in [0.25, 0.3) is 0 Å². The Kier molecular flexibility index (Phi) is 12.1. The normalized spacial score (nSPS) is 26.2. The lowest BCUT2D eigenvalue weighted by molar-refractivity contribution is -0.255. The number of anilines is 1. The average molecular weight is 665 g/mol. The molecule has 5 rings (SSSR count). The number of ether oxygens (including phenoxy) is 3. The van der Waals surface area contributed by atoms with Crippen molar-refractivity contribution in [3.05, 3.63) is 65.2 Å². The molecule has 0 spiro atoms. The van der Waals surface area contributed by atoms with Gasteiger partial charge >= 0.3 is 12.0 Å². The number of urea groups is 1. The molecule has 2 aliphatic heterocycles. The van der Waals surface area contributed by atoms with Crippen molar-refractivity contribution in [1.29, 1.82) is 0 Å². The van der Waals surface area contributed by atoms with E-state index >= 15 is 0 Å². The molecule has 1 aliphatic carbocycles. The van der Waals surface area contributed by atoms with Crippen molar-refractivity contribution >= 4 is 23.6 Å². The number of carbonyl (C=O) groups is 3. The number of hydrogen-bond donors (Lipinski definition) is 4. The summed E-state index contributed by atoms with van der Waals surface area (Å²) >= 11 is 0. The van der Waals surface area contributed by atoms with Crippen molar-refractivity contribution in [2.75, 3.05) is 25.0 Å². The second-order valence-electron chi connectivity index (χ2n) is 14.2. The van der Waals surface area contributed by atoms with Gasteiger partial charge in [0.1, 0.15) is 6.54 Å². The fourth-order valence-electron chi connectivity index (χ4n) is 7.26. The fraction of sp³-hybridized carbons (Fsp3) is 0.595. The van der Waals surface area contributed by atoms with Gasteiger partial charge in [0.15, 0.2) is 6.29 Å². The number of nitrogens with one attached hydrogen (secondary N) is 3. The summed E-state index contributed by atoms with van der Waals surface area (Å²) in [6.45, 7) is 8.40. The first-order valence-electron chi connectivity index (χ1n) is 17.4. The number of likely N-dealkylation sites (tertiary alicyclic amines) is 1. The van der Waals surface area contributed by atoms with Crippen LogP contribution in [0.4, 0.5) is 10.5 Å². The summed E-state index contributed by atoms with van der Waals surface area (Å²) in [5, 5.41) is 18.1. The first-order valence-corrected chi connectivity index (χ1v) is 17.4. The number of rotatable bonds is 10. The Labute approximate surface area is 284 Å². The maximum Gasteiger partial charge on any atom is 0.325 e. The second kappa shape index (κ2) is 16.3. The second-order valence-corrected chi connectivity index (χ2v) is 14.2. The van der Waals surface area contributed by atoms with Crippen LogP contribution < -0.4 is 16.0 Å². The summed E-state index contributed by atoms with van der Waals surface area (Å²) in [6, 6.07) is 14.7. The lowest BCUT2D eigenvalue weighted by Crippen LogP contribution is -2.61. The number of esters is 1. The third-order valence-corrected chi connectivity index (χ3v) is 9.48. The molecule has 3 aliphatic rings. The summed E-state index contributed by atoms with van der Waals surface area (Å²) in [5.41, 5.74) is 2.86. The predicted molar refractivity (Wildman–Crippen MR) is 182 cm³/mol. The predicted octanol–water partition coefficient (Wildman–Crippen LogP) is 5.35. The summed E-state index contributed by atoms with van der Waals surface area (Å²) in [7, 11) is 0. The van der Waals surface area contributed by atoms with Crippen LogP contribution in [-0.2, 0) is 30.4 Å². The first-order chi connectivity index (χ1) is 23.0. The van der Waals surface area contributed by atoms with Gasteiger partial charge in [-0.2, -0.15) is 0 Å². The zero-order valence-corrected chi connectivity index (χ0v) is 28.7. The van der Waals surface area contributed by atoms with Crippen LogP contribution in [0, 0.1) is 5.92 Å². The standard InChI is InChI=1S/C37H52N4O7/c1-5-46-33(43)21-38-36(45)39-28-17-14-27(15-18-28)35-47-29(20-32(48-35)26-12-10-24(23-42)11-13-26)22-41-30-9-7-6-8-25(30)16-19-31(41)34(44)40-37(2,3)4/h10-15,17-18,25,29-32,35,42H,5-9,16,19-23H2,1-4H3,(H,40,44)(H2,38,39,45)/t25-,29-,30-,31-,32+,35+/m1/s1. The molecule has 3 amide bonds. The van der Waals surface area contributed by atoms with E-state index in [4.69, 9.17) is 14.2 Å². The van der Waals surface area contributed by atoms with Crippen LogP contribution >= 0.6 is 0 Å². The number of piperidine rings is 1. The molecule has 3 fully saturated rings. The van der Waals surface area contributed by atoms with E-state index < -0.39 is 18.3 Å². The highest BCUT2D eigenvalue weighted by molar-refractivity contribution is 5.91. The van der Waals surface area contributed by atoms with E-state index in [9.17, 15) is 19.5 Å². The minimum atomic E-state index is -0.674. The number of benzene rings is 2. The summed E-state index contributed by atoms with van der Waals surface area (Å²) in [6.07, 6.45) is 6.09. The minimum Gasteiger partial charge on any atom is -0.465 e. The lowest BCUT2D eigenvalue weighted by Gasteiger charge is -2.50. The zero-order chi connectivity index (χ0) is 34.3. The molecule has 2 heterocycles. The number of aliphatic hydroxyl groups is 1. The SMILES string of the molecule is CCOC(=O)CNC(=O)Nc1ccc([C@H]2O[C@@H](CN3[C@@H](C(=O)NC(C)(C)C)CC[C@H]4CCCC[C@H]43)C[C@@H](c3ccc(CO)cc3)O2)cc1. The van der Waals surface area contributed by atoms with Gasteiger partial charge in [-0.3, -0.25) is 14.5 Å². The van der Waals surface area contributed by atoms with Crippen LogP contribution in [0.1, 0.15) is 102 Å². The van der Waals surface area contributed by atoms with Crippen LogP contribution in [-0.4, -0.2) is 71.3 Å². The van der Waals surface area contributed by atoms with Crippen molar-refractivity contribution < 1.29 is 33.7 Å². The van der Waals surface area contributed by atoms with E-state index in [2.05, 4.69) is 20.9 Å². The largest absolute Gasteiger partial charge is 0.465 e. The molecule has 0 bridgehead atoms. The van der Waals surface area contributed by atoms with Crippen molar-refractivity contribution in [3.63, 3.8) is 0 Å². The van der Waals surface area contributed by atoms with E-state index in [1.807, 2.05) is 57.2 Å². The first kappa shape index (κ1) is 35.8. The highest BCUT2D eigenvalue weighted by atomic mass is 16.7. The van der Waals surface area contributed by atoms with Gasteiger partial charge in [-0.25, -0.2) is 4.79 Å². The molecule has 1 saturated carbocycles. The van der Waals surface area contributed by atoms with Gasteiger partial charge in [0, 0.05) is 35.8 Å². The van der Waals surface area contributed by atoms with Crippen LogP contribution in [0.5, 0.6) is 0 Å². The maximum atomic E-state index is 13.7. The quantitative estimate of drug-likeness (QED) is 0.250. The van der Waals surface area contributed by atoms with E-state index in [0.717, 1.165) is 36.0 Å². The average Bonchev–Trinajstić information content (AvgIpc) is 3.07. The monoisotopic (exact) mass is 664 g/mol. The van der Waals surface area contributed by atoms with Gasteiger partial charge in [0.05, 0.1) is 31.5 Å². The third kappa shape index (κ3) is 9.56. The van der Waals surface area contributed by atoms with Gasteiger partial charge in [-0.1, -0.05) is 49.2 Å². The molecule has 2 aromatic rings. The van der Waals surface area contributed by atoms with E-state index in [1.165, 1.54) is 19.3 Å². The molecule has 0 unspecified atom stereocenters. The zero-order valence-electron chi connectivity index (χ0n) is 28.7. The van der Waals surface area contributed by atoms with Crippen LogP contribution in [0.15, 0.2) is 48.5 Å². The number of fused-ring (bicyclic) bond motifs is 1. The van der Waals surface area contributed by atoms with Crippen LogP contribution in [0.2, 0.25) is 0 Å². The van der Waals surface area contributed by atoms with Gasteiger partial charge in [-0.05, 0) is 82.6 Å². The molecule has 48 heavy (non-hydrogen) atoms. The van der Waals surface area contributed by atoms with Gasteiger partial charge in [0.2, 0.25) is 5.91 Å². The highest BCUT2D eigenvalue weighted by Gasteiger charge is 2.44. The molecular formula is C37H52N4O7. The number of nitrogens with zero attached hydrogens (tertiary/aromatic N) is 1. The molecule has 11 heteroatoms. The third-order valence-electron chi connectivity index (χ3n) is 9.48. The molecule has 2 saturated heterocycles. The Bertz CT molecular complexity index is 1380. The number of aliphatic hydroxyl groups excluding tert-OH is 1. The number of hydrogen-bond acceptors (Lipinski definition) is 8. The molecule has 0 radical (unpaired) electrons. The van der Waals surface area contributed by atoms with Crippen molar-refractivity contribution in [2.45, 2.75) is 115 Å². The van der Waals surface area contributed by atoms with Crippen LogP contribution in [0.25, 0.3) is 0 Å². The highest BCUT2D eigenvalue weighted by Crippen LogP contribution is 2.42. The van der Waals surface area contributed by atoms with E-state index in [1.54, 1.807) is 19.1 Å². The lowest BCUT2D eigenvalue weighted by atomic mass is 9.75. The number of amides is 3. The maximum absolute atomic E-state index is 13.7. The Hall–Kier alpha value is -3.51. The smallest absolute Gasteiger partial charge is 0.325 e. The Morgan fingerprint density at radius 2 is 1.65 bits per heavy atom. The van der Waals surface area contributed by atoms with Crippen LogP contribution in [0.3, 0.4) is 0 Å². The molecule has 6 atom stereocenters. The Morgan fingerprint density at radius 1 is 0.938 bits per heavy atom. The van der Waals surface area contributed by atoms with Crippen molar-refractivity contribution in [2.24, 2.45) is 5.92 Å². The van der Waals surface area contributed by atoms with Crippen molar-refractivity contribution in [3.8, 4) is 0 Å². The van der Waals surface area contributed by atoms with Crippen molar-refractivity contribution in [1.82, 2.24) is 15.5 Å². The summed E-state index contributed by atoms with van der Waals surface area (Å²) < 4.78 is 18.1. The molecule has 0 aromatic heterocycles. The Morgan fingerprint density at radius 3 is 2.33 bits per heavy atom. The van der Waals surface area contributed by atoms with E-state index in [0.29, 0.717) is 30.6 Å². The molecule has 2 aromatic carbocycles. The van der Waals surface area contributed by atoms with E-state index in [-0.39, 0.29) is 49.5 Å². The van der Waals surface area contributed by atoms with Gasteiger partial charge in [-0.15, -0.1) is 0 Å². The summed E-state index contributed by atoms with van der Waals surface area (Å²) in [5.74, 6) is 0.166. The fourth-order valence-corrected chi connectivity index (χ4v) is 7.26.